The second kappa shape index (κ2) is 2.60. The topological polar surface area (TPSA) is 52.8 Å². The lowest BCUT2D eigenvalue weighted by molar-refractivity contribution is 0.499. The van der Waals surface area contributed by atoms with Crippen LogP contribution in [-0.2, 0) is 0 Å². The lowest BCUT2D eigenvalue weighted by Crippen LogP contribution is -1.40. The van der Waals surface area contributed by atoms with E-state index in [1.807, 2.05) is 0 Å². The van der Waals surface area contributed by atoms with Gasteiger partial charge in [0.15, 0.2) is 0 Å². The Bertz CT molecular complexity index is 47.6. The third-order valence-corrected chi connectivity index (χ3v) is 0.720. The SMILES string of the molecule is O[P+](O)=NS. The van der Waals surface area contributed by atoms with Crippen LogP contribution in [0.2, 0.25) is 0 Å². The van der Waals surface area contributed by atoms with Gasteiger partial charge in [-0.3, -0.25) is 0 Å². The molecule has 0 unspecified atom stereocenters. The van der Waals surface area contributed by atoms with Crippen LogP contribution in [0.5, 0.6) is 0 Å². The molecular formula is H3NO2PS+. The fourth-order valence-electron chi connectivity index (χ4n) is 0. The minimum Gasteiger partial charge on any atom is -0.148 e. The Hall–Kier alpha value is 0.370. The molecule has 0 aromatic rings. The molecule has 0 radical (unpaired) electrons. The molecule has 0 atom stereocenters. The first kappa shape index (κ1) is 5.37. The van der Waals surface area contributed by atoms with Crippen molar-refractivity contribution in [3.63, 3.8) is 0 Å². The van der Waals surface area contributed by atoms with Crippen molar-refractivity contribution in [2.45, 2.75) is 0 Å². The Morgan fingerprint density at radius 2 is 1.80 bits per heavy atom. The van der Waals surface area contributed by atoms with Gasteiger partial charge in [0.05, 0.1) is 0 Å². The molecule has 0 bridgehead atoms. The van der Waals surface area contributed by atoms with E-state index in [4.69, 9.17) is 9.79 Å². The summed E-state index contributed by atoms with van der Waals surface area (Å²) in [6, 6.07) is 0. The van der Waals surface area contributed by atoms with Gasteiger partial charge in [-0.1, -0.05) is 0 Å². The molecule has 5 heavy (non-hydrogen) atoms. The van der Waals surface area contributed by atoms with E-state index in [9.17, 15) is 0 Å². The molecule has 0 saturated heterocycles. The molecule has 2 N–H and O–H groups in total. The fraction of sp³-hybridized carbons (Fsp3) is 0. The first-order valence-corrected chi connectivity index (χ1v) is 2.40. The van der Waals surface area contributed by atoms with Gasteiger partial charge in [-0.25, -0.2) is 0 Å². The van der Waals surface area contributed by atoms with Gasteiger partial charge >= 0.3 is 8.17 Å². The predicted octanol–water partition coefficient (Wildman–Crippen LogP) is 0.311. The van der Waals surface area contributed by atoms with Gasteiger partial charge in [0, 0.05) is 17.0 Å². The molecule has 3 nitrogen and oxygen atoms in total. The molecule has 0 amide bonds. The zero-order valence-electron chi connectivity index (χ0n) is 2.24. The van der Waals surface area contributed by atoms with Crippen LogP contribution >= 0.6 is 21.0 Å². The van der Waals surface area contributed by atoms with Crippen molar-refractivity contribution < 1.29 is 9.79 Å². The lowest BCUT2D eigenvalue weighted by atomic mass is 13.9. The molecular weight excluding hydrogens is 109 g/mol. The monoisotopic (exact) mass is 112 g/mol. The number of thiol groups is 1. The Morgan fingerprint density at radius 3 is 1.80 bits per heavy atom. The molecule has 0 rings (SSSR count). The molecule has 0 aromatic heterocycles. The minimum atomic E-state index is -2.11. The Balaban J connectivity index is 3.14. The standard InChI is InChI=1S/H2NO2PS/c2-4(3)1-5/h(H2-,1,2,3,5)/p+1. The Labute approximate surface area is 35.8 Å². The van der Waals surface area contributed by atoms with Crippen molar-refractivity contribution in [3.8, 4) is 0 Å². The highest BCUT2D eigenvalue weighted by molar-refractivity contribution is 7.81. The molecule has 30 valence electrons. The molecule has 0 aromatic carbocycles. The van der Waals surface area contributed by atoms with Crippen molar-refractivity contribution in [2.75, 3.05) is 0 Å². The van der Waals surface area contributed by atoms with Gasteiger partial charge in [0.1, 0.15) is 0 Å². The van der Waals surface area contributed by atoms with Gasteiger partial charge in [-0.2, -0.15) is 0 Å². The van der Waals surface area contributed by atoms with E-state index in [0.29, 0.717) is 0 Å². The average Bonchev–Trinajstić information content (AvgIpc) is 1.38. The minimum absolute atomic E-state index is 2.11. The molecule has 0 aliphatic heterocycles. The second-order valence-electron chi connectivity index (χ2n) is 0.358. The molecule has 0 heterocycles. The summed E-state index contributed by atoms with van der Waals surface area (Å²) in [4.78, 5) is 15.5. The van der Waals surface area contributed by atoms with E-state index < -0.39 is 8.17 Å². The highest BCUT2D eigenvalue weighted by atomic mass is 32.1. The first-order chi connectivity index (χ1) is 2.27. The first-order valence-electron chi connectivity index (χ1n) is 0.800. The second-order valence-corrected chi connectivity index (χ2v) is 1.61. The maximum Gasteiger partial charge on any atom is 0.566 e. The van der Waals surface area contributed by atoms with Crippen LogP contribution in [0.1, 0.15) is 0 Å². The highest BCUT2D eigenvalue weighted by Gasteiger charge is 1.91. The molecule has 0 aliphatic rings. The zero-order chi connectivity index (χ0) is 4.28. The number of hydrogen-bond donors (Lipinski definition) is 3. The maximum absolute atomic E-state index is 7.74. The van der Waals surface area contributed by atoms with E-state index in [1.165, 1.54) is 0 Å². The highest BCUT2D eigenvalue weighted by Crippen LogP contribution is 2.10. The molecule has 0 saturated carbocycles. The summed E-state index contributed by atoms with van der Waals surface area (Å²) in [7, 11) is -2.11. The smallest absolute Gasteiger partial charge is 0.148 e. The van der Waals surface area contributed by atoms with E-state index in [2.05, 4.69) is 17.0 Å². The fourth-order valence-corrected chi connectivity index (χ4v) is 0. The maximum atomic E-state index is 7.74. The van der Waals surface area contributed by atoms with Gasteiger partial charge in [0.2, 0.25) is 0 Å². The lowest BCUT2D eigenvalue weighted by Gasteiger charge is -1.50. The normalized spacial score (nSPS) is 7.00. The van der Waals surface area contributed by atoms with Crippen molar-refractivity contribution >= 4 is 21.0 Å². The Kier molecular flexibility index (Phi) is 2.79. The summed E-state index contributed by atoms with van der Waals surface area (Å²) in [6.07, 6.45) is 0. The van der Waals surface area contributed by atoms with Crippen LogP contribution in [0, 0.1) is 0 Å². The van der Waals surface area contributed by atoms with E-state index in [1.54, 1.807) is 0 Å². The molecule has 0 aliphatic carbocycles. The van der Waals surface area contributed by atoms with Crippen molar-refractivity contribution in [2.24, 2.45) is 4.15 Å². The zero-order valence-corrected chi connectivity index (χ0v) is 4.02. The van der Waals surface area contributed by atoms with Gasteiger partial charge in [-0.05, 0) is 0 Å². The van der Waals surface area contributed by atoms with Crippen LogP contribution in [0.4, 0.5) is 0 Å². The van der Waals surface area contributed by atoms with Crippen molar-refractivity contribution in [3.05, 3.63) is 0 Å². The third-order valence-electron chi connectivity index (χ3n) is 0.0800. The predicted molar refractivity (Wildman–Crippen MR) is 22.8 cm³/mol. The van der Waals surface area contributed by atoms with E-state index >= 15 is 0 Å². The van der Waals surface area contributed by atoms with E-state index in [0.717, 1.165) is 0 Å². The Morgan fingerprint density at radius 1 is 1.60 bits per heavy atom. The molecule has 0 fully saturated rings. The summed E-state index contributed by atoms with van der Waals surface area (Å²) < 4.78 is 2.76. The largest absolute Gasteiger partial charge is 0.566 e. The summed E-state index contributed by atoms with van der Waals surface area (Å²) in [6.45, 7) is 0. The number of rotatable bonds is 0. The third kappa shape index (κ3) is 4.37. The van der Waals surface area contributed by atoms with Crippen LogP contribution < -0.4 is 0 Å². The number of hydrogen-bond acceptors (Lipinski definition) is 1. The van der Waals surface area contributed by atoms with Crippen molar-refractivity contribution in [1.29, 1.82) is 0 Å². The van der Waals surface area contributed by atoms with Crippen molar-refractivity contribution in [1.82, 2.24) is 0 Å². The summed E-state index contributed by atoms with van der Waals surface area (Å²) >= 11 is 3.17. The van der Waals surface area contributed by atoms with Gasteiger partial charge in [0.25, 0.3) is 0 Å². The summed E-state index contributed by atoms with van der Waals surface area (Å²) in [5.41, 5.74) is 0. The van der Waals surface area contributed by atoms with E-state index in [-0.39, 0.29) is 0 Å². The summed E-state index contributed by atoms with van der Waals surface area (Å²) in [5.74, 6) is 0. The van der Waals surface area contributed by atoms with Crippen LogP contribution in [0.25, 0.3) is 0 Å². The van der Waals surface area contributed by atoms with Crippen LogP contribution in [0.15, 0.2) is 4.15 Å². The quantitative estimate of drug-likeness (QED) is 0.312. The van der Waals surface area contributed by atoms with Crippen LogP contribution in [0.3, 0.4) is 0 Å². The van der Waals surface area contributed by atoms with Gasteiger partial charge in [-0.15, -0.1) is 9.79 Å². The molecule has 0 spiro atoms. The molecule has 5 heteroatoms. The average molecular weight is 112 g/mol. The van der Waals surface area contributed by atoms with Crippen LogP contribution in [-0.4, -0.2) is 9.79 Å². The number of nitrogens with zero attached hydrogens (tertiary/aromatic N) is 1. The van der Waals surface area contributed by atoms with Gasteiger partial charge < -0.3 is 0 Å². The summed E-state index contributed by atoms with van der Waals surface area (Å²) in [5, 5.41) is 0.